The molecule has 1 saturated carbocycles. The second kappa shape index (κ2) is 12.3. The Labute approximate surface area is 286 Å². The number of primary amides is 1. The fourth-order valence-electron chi connectivity index (χ4n) is 6.67. The average Bonchev–Trinajstić information content (AvgIpc) is 3.84. The number of likely N-dealkylation sites (tertiary alicyclic amines) is 1. The molecule has 0 bridgehead atoms. The van der Waals surface area contributed by atoms with Crippen LogP contribution in [0.2, 0.25) is 0 Å². The van der Waals surface area contributed by atoms with Crippen molar-refractivity contribution in [3.05, 3.63) is 71.4 Å². The highest BCUT2D eigenvalue weighted by Gasteiger charge is 2.43. The van der Waals surface area contributed by atoms with E-state index in [4.69, 9.17) is 26.5 Å². The molecule has 3 amide bonds. The van der Waals surface area contributed by atoms with E-state index in [1.807, 2.05) is 30.3 Å². The number of rotatable bonds is 10. The van der Waals surface area contributed by atoms with Crippen molar-refractivity contribution in [3.8, 4) is 11.1 Å². The lowest BCUT2D eigenvalue weighted by atomic mass is 9.57. The Hall–Kier alpha value is -5.24. The number of nitrogens with two attached hydrogens (primary N) is 1. The van der Waals surface area contributed by atoms with Gasteiger partial charge in [0.15, 0.2) is 11.5 Å². The largest absolute Gasteiger partial charge is 0.364 e. The van der Waals surface area contributed by atoms with Crippen LogP contribution >= 0.6 is 0 Å². The molecule has 3 aliphatic rings. The number of aromatic nitrogens is 5. The summed E-state index contributed by atoms with van der Waals surface area (Å²) in [6, 6.07) is 12.4. The van der Waals surface area contributed by atoms with E-state index in [0.717, 1.165) is 47.5 Å². The third-order valence-electron chi connectivity index (χ3n) is 9.53. The predicted molar refractivity (Wildman–Crippen MR) is 186 cm³/mol. The zero-order valence-corrected chi connectivity index (χ0v) is 27.5. The summed E-state index contributed by atoms with van der Waals surface area (Å²) in [5.74, 6) is -0.909. The molecule has 2 aliphatic heterocycles. The number of hydrogen-bond donors (Lipinski definition) is 4. The van der Waals surface area contributed by atoms with Crippen molar-refractivity contribution in [1.29, 1.82) is 0 Å². The summed E-state index contributed by atoms with van der Waals surface area (Å²) in [5, 5.41) is 20.6. The number of nitrogens with zero attached hydrogens (tertiary/aromatic N) is 7. The van der Waals surface area contributed by atoms with Gasteiger partial charge in [-0.1, -0.05) is 25.1 Å². The number of fused-ring (bicyclic) bond motifs is 3. The minimum Gasteiger partial charge on any atom is -0.364 e. The molecule has 5 N–H and O–H groups in total. The van der Waals surface area contributed by atoms with Gasteiger partial charge in [0.05, 0.1) is 56.7 Å². The molecule has 16 heteroatoms. The van der Waals surface area contributed by atoms with Crippen LogP contribution in [0.5, 0.6) is 0 Å². The van der Waals surface area contributed by atoms with E-state index < -0.39 is 17.2 Å². The maximum Gasteiger partial charge on any atom is 0.273 e. The van der Waals surface area contributed by atoms with Gasteiger partial charge in [-0.05, 0) is 42.8 Å². The number of pyridine rings is 1. The Balaban J connectivity index is 1.19. The molecule has 49 heavy (non-hydrogen) atoms. The van der Waals surface area contributed by atoms with E-state index in [-0.39, 0.29) is 41.1 Å². The Morgan fingerprint density at radius 3 is 2.49 bits per heavy atom. The topological polar surface area (TPSA) is 176 Å². The first-order valence-corrected chi connectivity index (χ1v) is 16.2. The molecule has 2 fully saturated rings. The van der Waals surface area contributed by atoms with E-state index in [9.17, 15) is 14.4 Å². The van der Waals surface area contributed by atoms with Crippen molar-refractivity contribution in [2.24, 2.45) is 11.7 Å². The van der Waals surface area contributed by atoms with E-state index in [0.29, 0.717) is 24.5 Å². The number of carbonyl (C=O) groups is 3. The van der Waals surface area contributed by atoms with Gasteiger partial charge in [0.2, 0.25) is 5.91 Å². The van der Waals surface area contributed by atoms with Gasteiger partial charge in [-0.2, -0.15) is 5.10 Å². The molecule has 1 unspecified atom stereocenters. The van der Waals surface area contributed by atoms with Crippen LogP contribution in [0.25, 0.3) is 11.1 Å². The normalized spacial score (nSPS) is 17.4. The predicted octanol–water partition coefficient (Wildman–Crippen LogP) is 2.19. The molecule has 4 radical (unpaired) electrons. The zero-order valence-electron chi connectivity index (χ0n) is 27.5. The highest BCUT2D eigenvalue weighted by molar-refractivity contribution is 6.39. The van der Waals surface area contributed by atoms with Crippen LogP contribution in [0.15, 0.2) is 48.7 Å². The van der Waals surface area contributed by atoms with Gasteiger partial charge in [0.1, 0.15) is 5.69 Å². The molecular weight excluding hydrogens is 620 g/mol. The summed E-state index contributed by atoms with van der Waals surface area (Å²) in [5.41, 5.74) is 11.1. The number of nitrogens with one attached hydrogen (secondary N) is 3. The minimum absolute atomic E-state index is 0.00198. The molecule has 1 aliphatic carbocycles. The summed E-state index contributed by atoms with van der Waals surface area (Å²) in [4.78, 5) is 45.4. The van der Waals surface area contributed by atoms with E-state index >= 15 is 0 Å². The summed E-state index contributed by atoms with van der Waals surface area (Å²) in [7, 11) is 16.7. The summed E-state index contributed by atoms with van der Waals surface area (Å²) in [6.45, 7) is 3.17. The number of carbonyl (C=O) groups excluding carboxylic acids is 3. The number of hydrogen-bond acceptors (Lipinski definition) is 10. The Bertz CT molecular complexity index is 1970. The lowest BCUT2D eigenvalue weighted by molar-refractivity contribution is -0.117. The Morgan fingerprint density at radius 2 is 1.80 bits per heavy atom. The van der Waals surface area contributed by atoms with Crippen LogP contribution in [0.3, 0.4) is 0 Å². The van der Waals surface area contributed by atoms with Crippen molar-refractivity contribution < 1.29 is 14.4 Å². The molecule has 1 atom stereocenters. The molecule has 1 saturated heterocycles. The van der Waals surface area contributed by atoms with Gasteiger partial charge in [0.25, 0.3) is 11.8 Å². The lowest BCUT2D eigenvalue weighted by Crippen LogP contribution is -2.60. The van der Waals surface area contributed by atoms with E-state index in [2.05, 4.69) is 53.7 Å². The maximum absolute atomic E-state index is 12.8. The molecule has 5 heterocycles. The molecular formula is C33H35B2N11O3. The lowest BCUT2D eigenvalue weighted by Gasteiger charge is -2.50. The standard InChI is InChI=1S/C33H35B2N11O3/c1-4-24-29-20(14-38-46(29)18-15-45(16-18)33(34,35)25-10-6-9-22(40-25)30(36)47)19-7-5-8-21(28(19)44(24)3)39-23-13-26(41-31(48)17-11-12-17)42-43-27(23)32(49)37-2/h5-10,13-14,17-18,24H,4,11-12,15-16H2,1-3H3,(H2,36,47)(H,37,49)(H2,39,41,42,48). The summed E-state index contributed by atoms with van der Waals surface area (Å²) < 4.78 is 2.06. The number of para-hydroxylation sites is 1. The molecule has 7 rings (SSSR count). The summed E-state index contributed by atoms with van der Waals surface area (Å²) >= 11 is 0. The third kappa shape index (κ3) is 5.69. The zero-order chi connectivity index (χ0) is 34.6. The Kier molecular flexibility index (Phi) is 8.13. The van der Waals surface area contributed by atoms with Crippen LogP contribution in [-0.4, -0.2) is 90.5 Å². The first-order valence-electron chi connectivity index (χ1n) is 16.2. The van der Waals surface area contributed by atoms with Gasteiger partial charge < -0.3 is 31.5 Å². The second-order valence-corrected chi connectivity index (χ2v) is 12.7. The first kappa shape index (κ1) is 32.3. The van der Waals surface area contributed by atoms with Crippen molar-refractivity contribution in [2.75, 3.05) is 42.7 Å². The number of benzene rings is 1. The highest BCUT2D eigenvalue weighted by atomic mass is 16.2. The van der Waals surface area contributed by atoms with Crippen LogP contribution in [0, 0.1) is 5.92 Å². The smallest absolute Gasteiger partial charge is 0.273 e. The van der Waals surface area contributed by atoms with Gasteiger partial charge in [-0.25, -0.2) is 4.98 Å². The second-order valence-electron chi connectivity index (χ2n) is 12.7. The molecule has 0 spiro atoms. The van der Waals surface area contributed by atoms with Gasteiger partial charge >= 0.3 is 0 Å². The molecule has 4 aromatic rings. The molecule has 3 aromatic heterocycles. The molecule has 14 nitrogen and oxygen atoms in total. The fourth-order valence-corrected chi connectivity index (χ4v) is 6.67. The van der Waals surface area contributed by atoms with Crippen molar-refractivity contribution in [2.45, 2.75) is 43.6 Å². The van der Waals surface area contributed by atoms with Gasteiger partial charge in [0, 0.05) is 56.0 Å². The average molecular weight is 655 g/mol. The van der Waals surface area contributed by atoms with Crippen LogP contribution in [-0.2, 0) is 10.1 Å². The fraction of sp³-hybridized carbons (Fsp3) is 0.364. The van der Waals surface area contributed by atoms with Crippen LogP contribution in [0.1, 0.15) is 70.6 Å². The van der Waals surface area contributed by atoms with Crippen molar-refractivity contribution >= 4 is 56.3 Å². The molecule has 246 valence electrons. The third-order valence-corrected chi connectivity index (χ3v) is 9.53. The monoisotopic (exact) mass is 655 g/mol. The van der Waals surface area contributed by atoms with Crippen molar-refractivity contribution in [1.82, 2.24) is 35.2 Å². The Morgan fingerprint density at radius 1 is 1.04 bits per heavy atom. The first-order chi connectivity index (χ1) is 23.5. The summed E-state index contributed by atoms with van der Waals surface area (Å²) in [6.07, 6.45) is 4.38. The minimum atomic E-state index is -1.40. The van der Waals surface area contributed by atoms with Gasteiger partial charge in [-0.3, -0.25) is 19.1 Å². The van der Waals surface area contributed by atoms with Crippen LogP contribution < -0.4 is 26.6 Å². The van der Waals surface area contributed by atoms with E-state index in [1.165, 1.54) is 13.1 Å². The van der Waals surface area contributed by atoms with E-state index in [1.54, 1.807) is 18.2 Å². The maximum atomic E-state index is 12.8. The SMILES string of the molecule is [B]C([B])(c1cccc(C(N)=O)n1)N1CC(n2ncc3c2C(CC)N(C)c2c(Nc4cc(NC(=O)C5CC5)nnc4C(=O)NC)cccc2-3)C1. The quantitative estimate of drug-likeness (QED) is 0.185. The number of anilines is 4. The van der Waals surface area contributed by atoms with Crippen LogP contribution in [0.4, 0.5) is 22.9 Å². The van der Waals surface area contributed by atoms with Gasteiger partial charge in [-0.15, -0.1) is 10.2 Å². The number of amides is 3. The van der Waals surface area contributed by atoms with Crippen molar-refractivity contribution in [3.63, 3.8) is 0 Å². The highest BCUT2D eigenvalue weighted by Crippen LogP contribution is 2.50. The molecule has 1 aromatic carbocycles.